The molecule has 3 heterocycles. The zero-order valence-electron chi connectivity index (χ0n) is 14.6. The van der Waals surface area contributed by atoms with Gasteiger partial charge in [0.2, 0.25) is 0 Å². The number of rotatable bonds is 3. The molecule has 0 saturated carbocycles. The average molecular weight is 344 g/mol. The van der Waals surface area contributed by atoms with Crippen molar-refractivity contribution in [2.75, 3.05) is 0 Å². The molecule has 0 amide bonds. The van der Waals surface area contributed by atoms with Gasteiger partial charge in [0.25, 0.3) is 0 Å². The van der Waals surface area contributed by atoms with E-state index in [0.717, 1.165) is 22.4 Å². The van der Waals surface area contributed by atoms with Crippen LogP contribution in [0.4, 0.5) is 0 Å². The van der Waals surface area contributed by atoms with Crippen molar-refractivity contribution in [3.8, 4) is 6.07 Å². The SMILES string of the molecule is Cc1cc(C)n2nc(C)c(C(=O)C(C#N)c3nc4ccccc4[nH]3)c2n1. The molecule has 1 N–H and O–H groups in total. The van der Waals surface area contributed by atoms with Gasteiger partial charge in [-0.15, -0.1) is 0 Å². The van der Waals surface area contributed by atoms with Crippen LogP contribution in [0.15, 0.2) is 30.3 Å². The maximum absolute atomic E-state index is 13.2. The summed E-state index contributed by atoms with van der Waals surface area (Å²) in [6.07, 6.45) is 0. The Hall–Kier alpha value is -3.53. The molecule has 128 valence electrons. The Morgan fingerprint density at radius 1 is 1.23 bits per heavy atom. The van der Waals surface area contributed by atoms with Gasteiger partial charge in [0, 0.05) is 11.4 Å². The lowest BCUT2D eigenvalue weighted by Crippen LogP contribution is -2.14. The predicted octanol–water partition coefficient (Wildman–Crippen LogP) is 3.02. The molecule has 0 bridgehead atoms. The van der Waals surface area contributed by atoms with Crippen LogP contribution in [-0.2, 0) is 0 Å². The van der Waals surface area contributed by atoms with Crippen molar-refractivity contribution in [1.82, 2.24) is 24.6 Å². The van der Waals surface area contributed by atoms with Gasteiger partial charge in [-0.3, -0.25) is 4.79 Å². The van der Waals surface area contributed by atoms with Crippen LogP contribution in [0.25, 0.3) is 16.7 Å². The Morgan fingerprint density at radius 2 is 2.00 bits per heavy atom. The number of H-pyrrole nitrogens is 1. The van der Waals surface area contributed by atoms with Gasteiger partial charge in [0.1, 0.15) is 5.82 Å². The van der Waals surface area contributed by atoms with Gasteiger partial charge >= 0.3 is 0 Å². The van der Waals surface area contributed by atoms with E-state index >= 15 is 0 Å². The summed E-state index contributed by atoms with van der Waals surface area (Å²) < 4.78 is 1.64. The highest BCUT2D eigenvalue weighted by atomic mass is 16.1. The molecular weight excluding hydrogens is 328 g/mol. The minimum atomic E-state index is -1.04. The monoisotopic (exact) mass is 344 g/mol. The first-order chi connectivity index (χ1) is 12.5. The lowest BCUT2D eigenvalue weighted by molar-refractivity contribution is 0.0977. The topological polar surface area (TPSA) is 99.7 Å². The van der Waals surface area contributed by atoms with Crippen molar-refractivity contribution in [2.45, 2.75) is 26.7 Å². The molecule has 0 aliphatic carbocycles. The van der Waals surface area contributed by atoms with Gasteiger partial charge in [0.05, 0.1) is 28.4 Å². The summed E-state index contributed by atoms with van der Waals surface area (Å²) in [5.41, 5.74) is 4.57. The molecule has 3 aromatic heterocycles. The van der Waals surface area contributed by atoms with Crippen LogP contribution in [0.5, 0.6) is 0 Å². The third kappa shape index (κ3) is 2.35. The lowest BCUT2D eigenvalue weighted by Gasteiger charge is -2.06. The summed E-state index contributed by atoms with van der Waals surface area (Å²) in [5, 5.41) is 14.1. The number of aryl methyl sites for hydroxylation is 3. The van der Waals surface area contributed by atoms with Crippen LogP contribution < -0.4 is 0 Å². The first-order valence-corrected chi connectivity index (χ1v) is 8.21. The van der Waals surface area contributed by atoms with Crippen molar-refractivity contribution >= 4 is 22.5 Å². The largest absolute Gasteiger partial charge is 0.340 e. The molecule has 7 heteroatoms. The number of nitrogens with zero attached hydrogens (tertiary/aromatic N) is 5. The number of benzene rings is 1. The summed E-state index contributed by atoms with van der Waals surface area (Å²) in [4.78, 5) is 25.2. The molecule has 26 heavy (non-hydrogen) atoms. The maximum atomic E-state index is 13.2. The highest BCUT2D eigenvalue weighted by Gasteiger charge is 2.30. The number of Topliss-reactive ketones (excluding diaryl/α,β-unsaturated/α-hetero) is 1. The fourth-order valence-electron chi connectivity index (χ4n) is 3.21. The Morgan fingerprint density at radius 3 is 2.73 bits per heavy atom. The van der Waals surface area contributed by atoms with E-state index in [9.17, 15) is 10.1 Å². The van der Waals surface area contributed by atoms with Crippen LogP contribution in [0, 0.1) is 32.1 Å². The average Bonchev–Trinajstić information content (AvgIpc) is 3.16. The van der Waals surface area contributed by atoms with Crippen molar-refractivity contribution in [1.29, 1.82) is 5.26 Å². The number of aromatic nitrogens is 5. The van der Waals surface area contributed by atoms with E-state index < -0.39 is 5.92 Å². The van der Waals surface area contributed by atoms with E-state index in [0.29, 0.717) is 22.7 Å². The van der Waals surface area contributed by atoms with E-state index in [1.54, 1.807) is 11.4 Å². The zero-order chi connectivity index (χ0) is 18.4. The van der Waals surface area contributed by atoms with Gasteiger partial charge in [-0.1, -0.05) is 12.1 Å². The number of hydrogen-bond donors (Lipinski definition) is 1. The van der Waals surface area contributed by atoms with Crippen LogP contribution >= 0.6 is 0 Å². The molecule has 0 spiro atoms. The molecule has 4 aromatic rings. The van der Waals surface area contributed by atoms with Crippen molar-refractivity contribution < 1.29 is 4.79 Å². The minimum Gasteiger partial charge on any atom is -0.340 e. The molecule has 0 radical (unpaired) electrons. The Kier molecular flexibility index (Phi) is 3.55. The third-order valence-electron chi connectivity index (χ3n) is 4.39. The van der Waals surface area contributed by atoms with Gasteiger partial charge in [-0.2, -0.15) is 10.4 Å². The number of carbonyl (C=O) groups is 1. The highest BCUT2D eigenvalue weighted by molar-refractivity contribution is 6.07. The second-order valence-electron chi connectivity index (χ2n) is 6.30. The number of carbonyl (C=O) groups excluding carboxylic acids is 1. The number of nitriles is 1. The number of fused-ring (bicyclic) bond motifs is 2. The molecule has 0 aliphatic rings. The zero-order valence-corrected chi connectivity index (χ0v) is 14.6. The maximum Gasteiger partial charge on any atom is 0.193 e. The number of para-hydroxylation sites is 2. The highest BCUT2D eigenvalue weighted by Crippen LogP contribution is 2.25. The minimum absolute atomic E-state index is 0.335. The van der Waals surface area contributed by atoms with Crippen molar-refractivity contribution in [3.63, 3.8) is 0 Å². The van der Waals surface area contributed by atoms with E-state index in [1.165, 1.54) is 0 Å². The first-order valence-electron chi connectivity index (χ1n) is 8.21. The molecule has 1 aromatic carbocycles. The van der Waals surface area contributed by atoms with Gasteiger partial charge in [-0.25, -0.2) is 14.5 Å². The summed E-state index contributed by atoms with van der Waals surface area (Å²) in [6, 6.07) is 11.4. The lowest BCUT2D eigenvalue weighted by atomic mass is 9.98. The normalized spacial score (nSPS) is 12.4. The smallest absolute Gasteiger partial charge is 0.193 e. The summed E-state index contributed by atoms with van der Waals surface area (Å²) in [7, 11) is 0. The van der Waals surface area contributed by atoms with Crippen LogP contribution in [0.1, 0.15) is 39.2 Å². The fourth-order valence-corrected chi connectivity index (χ4v) is 3.21. The second kappa shape index (κ2) is 5.77. The Bertz CT molecular complexity index is 1180. The molecule has 0 aliphatic heterocycles. The Labute approximate surface area is 149 Å². The van der Waals surface area contributed by atoms with E-state index in [-0.39, 0.29) is 5.78 Å². The molecule has 4 rings (SSSR count). The number of imidazole rings is 1. The van der Waals surface area contributed by atoms with Crippen LogP contribution in [0.2, 0.25) is 0 Å². The van der Waals surface area contributed by atoms with Gasteiger partial charge < -0.3 is 4.98 Å². The summed E-state index contributed by atoms with van der Waals surface area (Å²) in [6.45, 7) is 5.53. The molecular formula is C19H16N6O. The number of nitrogens with one attached hydrogen (secondary N) is 1. The Balaban J connectivity index is 1.87. The van der Waals surface area contributed by atoms with Crippen LogP contribution in [-0.4, -0.2) is 30.3 Å². The predicted molar refractivity (Wildman–Crippen MR) is 96.0 cm³/mol. The van der Waals surface area contributed by atoms with Gasteiger partial charge in [0.15, 0.2) is 17.3 Å². The van der Waals surface area contributed by atoms with Crippen LogP contribution in [0.3, 0.4) is 0 Å². The van der Waals surface area contributed by atoms with Crippen molar-refractivity contribution in [3.05, 3.63) is 58.8 Å². The van der Waals surface area contributed by atoms with Crippen molar-refractivity contribution in [2.24, 2.45) is 0 Å². The molecule has 1 unspecified atom stereocenters. The first kappa shape index (κ1) is 16.0. The molecule has 0 saturated heterocycles. The molecule has 7 nitrogen and oxygen atoms in total. The molecule has 0 fully saturated rings. The summed E-state index contributed by atoms with van der Waals surface area (Å²) >= 11 is 0. The van der Waals surface area contributed by atoms with E-state index in [4.69, 9.17) is 0 Å². The second-order valence-corrected chi connectivity index (χ2v) is 6.30. The fraction of sp³-hybridized carbons (Fsp3) is 0.211. The number of aromatic amines is 1. The third-order valence-corrected chi connectivity index (χ3v) is 4.39. The van der Waals surface area contributed by atoms with E-state index in [2.05, 4.69) is 26.1 Å². The number of ketones is 1. The molecule has 1 atom stereocenters. The summed E-state index contributed by atoms with van der Waals surface area (Å²) in [5.74, 6) is -1.06. The quantitative estimate of drug-likeness (QED) is 0.576. The number of hydrogen-bond acceptors (Lipinski definition) is 5. The van der Waals surface area contributed by atoms with Gasteiger partial charge in [-0.05, 0) is 39.0 Å². The van der Waals surface area contributed by atoms with E-state index in [1.807, 2.05) is 44.2 Å². The standard InChI is InChI=1S/C19H16N6O/c1-10-8-11(2)25-19(21-10)16(12(3)24-25)17(26)13(9-20)18-22-14-6-4-5-7-15(14)23-18/h4-8,13H,1-3H3,(H,22,23).